The lowest BCUT2D eigenvalue weighted by Crippen LogP contribution is -2.43. The van der Waals surface area contributed by atoms with Gasteiger partial charge in [-0.05, 0) is 42.7 Å². The van der Waals surface area contributed by atoms with Crippen LogP contribution in [0.2, 0.25) is 10.0 Å². The number of nitrogens with zero attached hydrogens (tertiary/aromatic N) is 5. The summed E-state index contributed by atoms with van der Waals surface area (Å²) in [5, 5.41) is 8.79. The fourth-order valence-corrected chi connectivity index (χ4v) is 4.89. The third kappa shape index (κ3) is 4.59. The van der Waals surface area contributed by atoms with E-state index in [-0.39, 0.29) is 5.91 Å². The Morgan fingerprint density at radius 3 is 2.64 bits per heavy atom. The molecule has 36 heavy (non-hydrogen) atoms. The van der Waals surface area contributed by atoms with Gasteiger partial charge in [0.25, 0.3) is 5.91 Å². The number of hydrogen-bond acceptors (Lipinski definition) is 6. The van der Waals surface area contributed by atoms with Crippen molar-refractivity contribution in [1.29, 1.82) is 0 Å². The van der Waals surface area contributed by atoms with Gasteiger partial charge in [0.15, 0.2) is 11.6 Å². The molecule has 0 spiro atoms. The molecule has 1 atom stereocenters. The zero-order valence-corrected chi connectivity index (χ0v) is 20.9. The summed E-state index contributed by atoms with van der Waals surface area (Å²) in [4.78, 5) is 35.6. The van der Waals surface area contributed by atoms with Crippen molar-refractivity contribution in [3.63, 3.8) is 0 Å². The van der Waals surface area contributed by atoms with Crippen molar-refractivity contribution in [2.45, 2.75) is 25.4 Å². The minimum Gasteiger partial charge on any atom is -0.368 e. The Hall–Kier alpha value is -3.69. The van der Waals surface area contributed by atoms with E-state index < -0.39 is 11.9 Å². The average Bonchev–Trinajstić information content (AvgIpc) is 3.50. The molecule has 0 unspecified atom stereocenters. The van der Waals surface area contributed by atoms with E-state index in [0.717, 1.165) is 23.1 Å². The van der Waals surface area contributed by atoms with Crippen LogP contribution in [0, 0.1) is 0 Å². The normalized spacial score (nSPS) is 15.4. The van der Waals surface area contributed by atoms with Crippen LogP contribution >= 0.6 is 23.2 Å². The zero-order chi connectivity index (χ0) is 25.4. The van der Waals surface area contributed by atoms with E-state index in [4.69, 9.17) is 33.9 Å². The number of nitrogens with one attached hydrogen (secondary N) is 1. The summed E-state index contributed by atoms with van der Waals surface area (Å²) in [6, 6.07) is 11.8. The number of halogens is 2. The Bertz CT molecular complexity index is 1470. The Balaban J connectivity index is 1.43. The molecule has 11 heteroatoms. The molecule has 3 heterocycles. The topological polar surface area (TPSA) is 119 Å². The zero-order valence-electron chi connectivity index (χ0n) is 19.4. The van der Waals surface area contributed by atoms with Crippen LogP contribution in [-0.2, 0) is 18.4 Å². The Kier molecular flexibility index (Phi) is 6.51. The van der Waals surface area contributed by atoms with E-state index in [2.05, 4.69) is 15.4 Å². The number of nitrogens with two attached hydrogens (primary N) is 1. The molecule has 4 aromatic rings. The number of fused-ring (bicyclic) bond motifs is 1. The lowest BCUT2D eigenvalue weighted by Gasteiger charge is -2.22. The Morgan fingerprint density at radius 1 is 1.14 bits per heavy atom. The summed E-state index contributed by atoms with van der Waals surface area (Å²) >= 11 is 12.3. The third-order valence-corrected chi connectivity index (χ3v) is 6.87. The van der Waals surface area contributed by atoms with Gasteiger partial charge in [-0.1, -0.05) is 41.4 Å². The second-order valence-corrected chi connectivity index (χ2v) is 9.47. The predicted molar refractivity (Wildman–Crippen MR) is 139 cm³/mol. The van der Waals surface area contributed by atoms with Gasteiger partial charge < -0.3 is 16.0 Å². The van der Waals surface area contributed by atoms with Gasteiger partial charge in [-0.3, -0.25) is 14.3 Å². The molecule has 9 nitrogen and oxygen atoms in total. The predicted octanol–water partition coefficient (Wildman–Crippen LogP) is 4.04. The number of benzene rings is 2. The lowest BCUT2D eigenvalue weighted by molar-refractivity contribution is -0.121. The van der Waals surface area contributed by atoms with Crippen LogP contribution in [0.4, 0.5) is 5.82 Å². The molecule has 1 aliphatic rings. The van der Waals surface area contributed by atoms with Crippen LogP contribution in [0.5, 0.6) is 0 Å². The highest BCUT2D eigenvalue weighted by atomic mass is 35.5. The molecule has 2 amide bonds. The number of anilines is 1. The van der Waals surface area contributed by atoms with Crippen molar-refractivity contribution in [3.8, 4) is 11.4 Å². The number of carbonyl (C=O) groups excluding carboxylic acids is 2. The molecular weight excluding hydrogens is 501 g/mol. The van der Waals surface area contributed by atoms with Crippen LogP contribution in [0.15, 0.2) is 48.7 Å². The van der Waals surface area contributed by atoms with E-state index in [1.54, 1.807) is 52.2 Å². The number of rotatable bonds is 6. The first-order chi connectivity index (χ1) is 17.3. The average molecular weight is 524 g/mol. The highest BCUT2D eigenvalue weighted by Gasteiger charge is 2.33. The van der Waals surface area contributed by atoms with Crippen LogP contribution in [-0.4, -0.2) is 49.0 Å². The Labute approximate surface area is 217 Å². The first kappa shape index (κ1) is 24.0. The first-order valence-electron chi connectivity index (χ1n) is 11.4. The molecule has 184 valence electrons. The van der Waals surface area contributed by atoms with E-state index in [9.17, 15) is 9.59 Å². The van der Waals surface area contributed by atoms with Gasteiger partial charge in [-0.25, -0.2) is 9.97 Å². The van der Waals surface area contributed by atoms with Crippen LogP contribution in [0.25, 0.3) is 22.4 Å². The van der Waals surface area contributed by atoms with Crippen molar-refractivity contribution >= 4 is 51.9 Å². The number of amides is 2. The molecule has 1 saturated heterocycles. The second-order valence-electron chi connectivity index (χ2n) is 8.62. The molecular formula is C25H23Cl2N7O2. The fourth-order valence-electron chi connectivity index (χ4n) is 4.41. The van der Waals surface area contributed by atoms with Gasteiger partial charge >= 0.3 is 0 Å². The van der Waals surface area contributed by atoms with E-state index in [1.165, 1.54) is 0 Å². The third-order valence-electron chi connectivity index (χ3n) is 6.28. The van der Waals surface area contributed by atoms with Gasteiger partial charge in [0.05, 0.1) is 6.20 Å². The maximum Gasteiger partial charge on any atom is 0.254 e. The van der Waals surface area contributed by atoms with Crippen LogP contribution < -0.4 is 11.1 Å². The summed E-state index contributed by atoms with van der Waals surface area (Å²) < 4.78 is 1.71. The van der Waals surface area contributed by atoms with Crippen LogP contribution in [0.3, 0.4) is 0 Å². The summed E-state index contributed by atoms with van der Waals surface area (Å²) in [6.07, 6.45) is 3.03. The maximum absolute atomic E-state index is 13.0. The smallest absolute Gasteiger partial charge is 0.254 e. The summed E-state index contributed by atoms with van der Waals surface area (Å²) in [5.74, 6) is 0.391. The summed E-state index contributed by atoms with van der Waals surface area (Å²) in [6.45, 7) is 0.943. The molecule has 0 saturated carbocycles. The number of likely N-dealkylation sites (tertiary alicyclic amines) is 1. The molecule has 5 rings (SSSR count). The van der Waals surface area contributed by atoms with Gasteiger partial charge in [0.2, 0.25) is 5.91 Å². The molecule has 2 aromatic carbocycles. The first-order valence-corrected chi connectivity index (χ1v) is 12.2. The van der Waals surface area contributed by atoms with Crippen LogP contribution in [0.1, 0.15) is 28.8 Å². The van der Waals surface area contributed by atoms with E-state index in [1.807, 2.05) is 13.1 Å². The molecule has 3 N–H and O–H groups in total. The number of primary amides is 1. The standard InChI is InChI=1S/C25H23Cl2N7O2/c1-33-21-19(13-30-33)31-23(32-24(21)29-12-16-8-9-17(26)11-18(16)27)14-4-6-15(7-5-14)25(36)34-10-2-3-20(34)22(28)35/h4-9,11,13,20H,2-3,10,12H2,1H3,(H2,28,35)(H,29,31,32)/t20-/m0/s1. The molecule has 1 aliphatic heterocycles. The second kappa shape index (κ2) is 9.75. The number of hydrogen-bond donors (Lipinski definition) is 2. The highest BCUT2D eigenvalue weighted by Crippen LogP contribution is 2.27. The minimum atomic E-state index is -0.559. The fraction of sp³-hybridized carbons (Fsp3) is 0.240. The van der Waals surface area contributed by atoms with Gasteiger partial charge in [0.1, 0.15) is 17.1 Å². The highest BCUT2D eigenvalue weighted by molar-refractivity contribution is 6.35. The van der Waals surface area contributed by atoms with Crippen molar-refractivity contribution in [1.82, 2.24) is 24.6 Å². The molecule has 0 bridgehead atoms. The SMILES string of the molecule is Cn1ncc2nc(-c3ccc(C(=O)N4CCC[C@H]4C(N)=O)cc3)nc(NCc3ccc(Cl)cc3Cl)c21. The van der Waals surface area contributed by atoms with Gasteiger partial charge in [0, 0.05) is 41.3 Å². The summed E-state index contributed by atoms with van der Waals surface area (Å²) in [7, 11) is 1.82. The van der Waals surface area contributed by atoms with E-state index in [0.29, 0.717) is 52.3 Å². The van der Waals surface area contributed by atoms with Gasteiger partial charge in [-0.15, -0.1) is 0 Å². The van der Waals surface area contributed by atoms with Crippen molar-refractivity contribution in [2.75, 3.05) is 11.9 Å². The number of aromatic nitrogens is 4. The van der Waals surface area contributed by atoms with Crippen molar-refractivity contribution in [2.24, 2.45) is 12.8 Å². The van der Waals surface area contributed by atoms with E-state index >= 15 is 0 Å². The number of carbonyl (C=O) groups is 2. The lowest BCUT2D eigenvalue weighted by atomic mass is 10.1. The molecule has 0 aliphatic carbocycles. The van der Waals surface area contributed by atoms with Crippen molar-refractivity contribution in [3.05, 3.63) is 69.8 Å². The molecule has 1 fully saturated rings. The maximum atomic E-state index is 13.0. The molecule has 2 aromatic heterocycles. The quantitative estimate of drug-likeness (QED) is 0.393. The molecule has 0 radical (unpaired) electrons. The number of aryl methyl sites for hydroxylation is 1. The monoisotopic (exact) mass is 523 g/mol. The van der Waals surface area contributed by atoms with Crippen molar-refractivity contribution < 1.29 is 9.59 Å². The van der Waals surface area contributed by atoms with Gasteiger partial charge in [-0.2, -0.15) is 5.10 Å². The summed E-state index contributed by atoms with van der Waals surface area (Å²) in [5.41, 5.74) is 8.98. The largest absolute Gasteiger partial charge is 0.368 e. The Morgan fingerprint density at radius 2 is 1.92 bits per heavy atom. The minimum absolute atomic E-state index is 0.214.